The van der Waals surface area contributed by atoms with Crippen LogP contribution in [0, 0.1) is 34.5 Å². The molecule has 0 N–H and O–H groups in total. The highest BCUT2D eigenvalue weighted by Gasteiger charge is 2.65. The van der Waals surface area contributed by atoms with E-state index < -0.39 is 29.9 Å². The fourth-order valence-corrected chi connectivity index (χ4v) is 7.66. The smallest absolute Gasteiger partial charge is 0.303 e. The van der Waals surface area contributed by atoms with E-state index in [0.29, 0.717) is 31.5 Å². The van der Waals surface area contributed by atoms with Gasteiger partial charge in [0.15, 0.2) is 12.2 Å². The molecule has 7 atom stereocenters. The first kappa shape index (κ1) is 23.1. The van der Waals surface area contributed by atoms with Crippen LogP contribution in [0.1, 0.15) is 79.1 Å². The summed E-state index contributed by atoms with van der Waals surface area (Å²) in [5.41, 5.74) is -1.89. The molecule has 0 saturated heterocycles. The van der Waals surface area contributed by atoms with Crippen molar-refractivity contribution in [3.05, 3.63) is 0 Å². The Balaban J connectivity index is 1.62. The number of carbonyl (C=O) groups is 5. The molecule has 0 aromatic carbocycles. The first-order chi connectivity index (χ1) is 14.9. The maximum Gasteiger partial charge on any atom is 0.303 e. The molecule has 4 aliphatic rings. The van der Waals surface area contributed by atoms with E-state index in [1.807, 2.05) is 6.92 Å². The van der Waals surface area contributed by atoms with Gasteiger partial charge in [-0.05, 0) is 61.7 Å². The van der Waals surface area contributed by atoms with Gasteiger partial charge in [0, 0.05) is 38.0 Å². The predicted octanol–water partition coefficient (Wildman–Crippen LogP) is 3.21. The van der Waals surface area contributed by atoms with Crippen molar-refractivity contribution in [1.29, 1.82) is 0 Å². The topological polar surface area (TPSA) is 104 Å². The molecule has 0 amide bonds. The number of ketones is 3. The number of Topliss-reactive ketones (excluding diaryl/α,β-unsaturated/α-hetero) is 3. The third-order valence-electron chi connectivity index (χ3n) is 9.48. The number of ether oxygens (including phenoxy) is 2. The van der Waals surface area contributed by atoms with Crippen molar-refractivity contribution in [3.63, 3.8) is 0 Å². The molecule has 0 heterocycles. The van der Waals surface area contributed by atoms with Crippen LogP contribution in [0.3, 0.4) is 0 Å². The van der Waals surface area contributed by atoms with Gasteiger partial charge in [-0.2, -0.15) is 0 Å². The van der Waals surface area contributed by atoms with E-state index in [-0.39, 0.29) is 46.7 Å². The van der Waals surface area contributed by atoms with Gasteiger partial charge >= 0.3 is 11.9 Å². The predicted molar refractivity (Wildman–Crippen MR) is 113 cm³/mol. The summed E-state index contributed by atoms with van der Waals surface area (Å²) in [6.07, 6.45) is 4.64. The van der Waals surface area contributed by atoms with Crippen LogP contribution < -0.4 is 0 Å². The molecular weight excluding hydrogens is 412 g/mol. The lowest BCUT2D eigenvalue weighted by Crippen LogP contribution is -2.61. The quantitative estimate of drug-likeness (QED) is 0.611. The van der Waals surface area contributed by atoms with Crippen LogP contribution in [0.25, 0.3) is 0 Å². The Bertz CT molecular complexity index is 878. The molecule has 32 heavy (non-hydrogen) atoms. The highest BCUT2D eigenvalue weighted by molar-refractivity contribution is 5.93. The Kier molecular flexibility index (Phi) is 5.61. The minimum atomic E-state index is -1.36. The Hall–Kier alpha value is -2.05. The standard InChI is InChI=1S/C25H34O7/c1-14(26)31-13-21(30)25(32-15(2)27)10-9-23(3)16(12-25)11-19(28)22-17-5-6-20(29)24(17,4)8-7-18(22)23/h16-18,22H,5-13H2,1-4H3. The molecule has 0 aromatic heterocycles. The second kappa shape index (κ2) is 7.77. The normalized spacial score (nSPS) is 43.0. The average molecular weight is 447 g/mol. The zero-order chi connectivity index (χ0) is 23.5. The number of fused-ring (bicyclic) bond motifs is 5. The SMILES string of the molecule is CC(=O)OCC(=O)C1(OC(C)=O)CCC2(C)C(CC(=O)C3C4CCC(=O)C4(C)CCC32)C1. The summed E-state index contributed by atoms with van der Waals surface area (Å²) in [5, 5.41) is 0. The van der Waals surface area contributed by atoms with Crippen molar-refractivity contribution in [2.75, 3.05) is 6.61 Å². The first-order valence-corrected chi connectivity index (χ1v) is 11.9. The van der Waals surface area contributed by atoms with Crippen molar-refractivity contribution in [2.24, 2.45) is 34.5 Å². The van der Waals surface area contributed by atoms with Gasteiger partial charge in [-0.3, -0.25) is 24.0 Å². The average Bonchev–Trinajstić information content (AvgIpc) is 3.01. The summed E-state index contributed by atoms with van der Waals surface area (Å²) >= 11 is 0. The van der Waals surface area contributed by atoms with Crippen LogP contribution in [0.4, 0.5) is 0 Å². The number of esters is 2. The number of rotatable bonds is 4. The summed E-state index contributed by atoms with van der Waals surface area (Å²) in [5.74, 6) is -0.944. The molecule has 0 spiro atoms. The lowest BCUT2D eigenvalue weighted by molar-refractivity contribution is -0.190. The van der Waals surface area contributed by atoms with Gasteiger partial charge in [-0.15, -0.1) is 0 Å². The van der Waals surface area contributed by atoms with Gasteiger partial charge < -0.3 is 9.47 Å². The minimum Gasteiger partial charge on any atom is -0.458 e. The molecule has 7 heteroatoms. The highest BCUT2D eigenvalue weighted by Crippen LogP contribution is 2.65. The molecule has 0 aromatic rings. The first-order valence-electron chi connectivity index (χ1n) is 11.9. The van der Waals surface area contributed by atoms with Crippen LogP contribution in [-0.4, -0.2) is 41.5 Å². The molecule has 7 nitrogen and oxygen atoms in total. The van der Waals surface area contributed by atoms with Gasteiger partial charge in [-0.25, -0.2) is 0 Å². The van der Waals surface area contributed by atoms with E-state index in [9.17, 15) is 24.0 Å². The molecule has 176 valence electrons. The third-order valence-corrected chi connectivity index (χ3v) is 9.48. The van der Waals surface area contributed by atoms with Crippen LogP contribution in [0.15, 0.2) is 0 Å². The summed E-state index contributed by atoms with van der Waals surface area (Å²) in [7, 11) is 0. The zero-order valence-corrected chi connectivity index (χ0v) is 19.5. The summed E-state index contributed by atoms with van der Waals surface area (Å²) in [6, 6.07) is 0. The Morgan fingerprint density at radius 2 is 1.69 bits per heavy atom. The fourth-order valence-electron chi connectivity index (χ4n) is 7.66. The van der Waals surface area contributed by atoms with Crippen LogP contribution in [0.2, 0.25) is 0 Å². The third kappa shape index (κ3) is 3.43. The maximum atomic E-state index is 13.5. The van der Waals surface area contributed by atoms with Crippen molar-refractivity contribution < 1.29 is 33.4 Å². The van der Waals surface area contributed by atoms with E-state index in [4.69, 9.17) is 9.47 Å². The van der Waals surface area contributed by atoms with Gasteiger partial charge in [0.25, 0.3) is 0 Å². The molecule has 4 rings (SSSR count). The van der Waals surface area contributed by atoms with Gasteiger partial charge in [0.1, 0.15) is 11.6 Å². The van der Waals surface area contributed by atoms with Crippen LogP contribution >= 0.6 is 0 Å². The summed E-state index contributed by atoms with van der Waals surface area (Å²) in [4.78, 5) is 62.3. The van der Waals surface area contributed by atoms with Crippen LogP contribution in [0.5, 0.6) is 0 Å². The van der Waals surface area contributed by atoms with Gasteiger partial charge in [-0.1, -0.05) is 13.8 Å². The van der Waals surface area contributed by atoms with Gasteiger partial charge in [0.05, 0.1) is 0 Å². The van der Waals surface area contributed by atoms with E-state index in [2.05, 4.69) is 6.92 Å². The Labute approximate surface area is 189 Å². The largest absolute Gasteiger partial charge is 0.458 e. The molecule has 0 aliphatic heterocycles. The molecule has 4 fully saturated rings. The second-order valence-corrected chi connectivity index (χ2v) is 11.0. The molecule has 4 aliphatic carbocycles. The second-order valence-electron chi connectivity index (χ2n) is 11.0. The van der Waals surface area contributed by atoms with Crippen molar-refractivity contribution >= 4 is 29.3 Å². The van der Waals surface area contributed by atoms with Crippen molar-refractivity contribution in [3.8, 4) is 0 Å². The molecule has 0 bridgehead atoms. The summed E-state index contributed by atoms with van der Waals surface area (Å²) < 4.78 is 10.5. The van der Waals surface area contributed by atoms with Crippen molar-refractivity contribution in [1.82, 2.24) is 0 Å². The summed E-state index contributed by atoms with van der Waals surface area (Å²) in [6.45, 7) is 6.33. The minimum absolute atomic E-state index is 0.0907. The van der Waals surface area contributed by atoms with E-state index >= 15 is 0 Å². The fraction of sp³-hybridized carbons (Fsp3) is 0.800. The number of hydrogen-bond donors (Lipinski definition) is 0. The number of hydrogen-bond acceptors (Lipinski definition) is 7. The van der Waals surface area contributed by atoms with Crippen molar-refractivity contribution in [2.45, 2.75) is 84.7 Å². The van der Waals surface area contributed by atoms with Gasteiger partial charge in [0.2, 0.25) is 5.78 Å². The molecule has 7 unspecified atom stereocenters. The molecule has 4 saturated carbocycles. The maximum absolute atomic E-state index is 13.5. The Morgan fingerprint density at radius 1 is 0.969 bits per heavy atom. The lowest BCUT2D eigenvalue weighted by atomic mass is 9.44. The van der Waals surface area contributed by atoms with Crippen LogP contribution in [-0.2, 0) is 33.4 Å². The van der Waals surface area contributed by atoms with E-state index in [1.54, 1.807) is 0 Å². The number of carbonyl (C=O) groups excluding carboxylic acids is 5. The van der Waals surface area contributed by atoms with E-state index in [1.165, 1.54) is 13.8 Å². The molecule has 0 radical (unpaired) electrons. The monoisotopic (exact) mass is 446 g/mol. The highest BCUT2D eigenvalue weighted by atomic mass is 16.6. The molecular formula is C25H34O7. The zero-order valence-electron chi connectivity index (χ0n) is 19.5. The lowest BCUT2D eigenvalue weighted by Gasteiger charge is -2.60. The van der Waals surface area contributed by atoms with E-state index in [0.717, 1.165) is 19.3 Å². The Morgan fingerprint density at radius 3 is 2.34 bits per heavy atom.